The third-order valence-corrected chi connectivity index (χ3v) is 4.79. The SMILES string of the molecule is COc1cc(OC)cc(-c2cnc(NC(=O)COc3ccc(Cl)cc3)s2)c1. The van der Waals surface area contributed by atoms with E-state index in [9.17, 15) is 4.79 Å². The van der Waals surface area contributed by atoms with Crippen molar-refractivity contribution in [3.63, 3.8) is 0 Å². The number of aromatic nitrogens is 1. The molecule has 3 rings (SSSR count). The van der Waals surface area contributed by atoms with E-state index in [2.05, 4.69) is 10.3 Å². The molecule has 1 heterocycles. The van der Waals surface area contributed by atoms with Crippen LogP contribution in [-0.2, 0) is 4.79 Å². The summed E-state index contributed by atoms with van der Waals surface area (Å²) >= 11 is 7.16. The van der Waals surface area contributed by atoms with Gasteiger partial charge in [-0.2, -0.15) is 0 Å². The highest BCUT2D eigenvalue weighted by atomic mass is 35.5. The molecular formula is C19H17ClN2O4S. The number of carbonyl (C=O) groups excluding carboxylic acids is 1. The Hall–Kier alpha value is -2.77. The first-order chi connectivity index (χ1) is 13.1. The van der Waals surface area contributed by atoms with E-state index in [1.807, 2.05) is 12.1 Å². The molecule has 0 radical (unpaired) electrons. The number of amides is 1. The van der Waals surface area contributed by atoms with Crippen molar-refractivity contribution >= 4 is 34.0 Å². The van der Waals surface area contributed by atoms with Gasteiger partial charge in [-0.15, -0.1) is 0 Å². The highest BCUT2D eigenvalue weighted by molar-refractivity contribution is 7.19. The topological polar surface area (TPSA) is 69.7 Å². The highest BCUT2D eigenvalue weighted by Crippen LogP contribution is 2.34. The lowest BCUT2D eigenvalue weighted by Gasteiger charge is -2.07. The molecule has 8 heteroatoms. The summed E-state index contributed by atoms with van der Waals surface area (Å²) in [5, 5.41) is 3.82. The minimum Gasteiger partial charge on any atom is -0.497 e. The van der Waals surface area contributed by atoms with Gasteiger partial charge in [-0.05, 0) is 36.4 Å². The second kappa shape index (κ2) is 8.75. The van der Waals surface area contributed by atoms with Crippen LogP contribution in [0.25, 0.3) is 10.4 Å². The smallest absolute Gasteiger partial charge is 0.264 e. The number of anilines is 1. The maximum absolute atomic E-state index is 12.1. The molecule has 0 aliphatic heterocycles. The summed E-state index contributed by atoms with van der Waals surface area (Å²) in [4.78, 5) is 17.2. The van der Waals surface area contributed by atoms with E-state index >= 15 is 0 Å². The zero-order valence-corrected chi connectivity index (χ0v) is 16.3. The summed E-state index contributed by atoms with van der Waals surface area (Å²) in [5.74, 6) is 1.63. The van der Waals surface area contributed by atoms with E-state index in [1.165, 1.54) is 11.3 Å². The zero-order chi connectivity index (χ0) is 19.2. The van der Waals surface area contributed by atoms with Crippen LogP contribution in [0.2, 0.25) is 5.02 Å². The zero-order valence-electron chi connectivity index (χ0n) is 14.7. The Bertz CT molecular complexity index is 905. The minimum atomic E-state index is -0.297. The number of nitrogens with zero attached hydrogens (tertiary/aromatic N) is 1. The molecule has 0 unspecified atom stereocenters. The predicted molar refractivity (Wildman–Crippen MR) is 106 cm³/mol. The van der Waals surface area contributed by atoms with Gasteiger partial charge in [0.05, 0.1) is 19.1 Å². The van der Waals surface area contributed by atoms with Crippen LogP contribution in [0, 0.1) is 0 Å². The van der Waals surface area contributed by atoms with E-state index in [4.69, 9.17) is 25.8 Å². The van der Waals surface area contributed by atoms with Crippen LogP contribution in [0.1, 0.15) is 0 Å². The minimum absolute atomic E-state index is 0.121. The van der Waals surface area contributed by atoms with Gasteiger partial charge in [0.2, 0.25) is 0 Å². The van der Waals surface area contributed by atoms with Crippen LogP contribution >= 0.6 is 22.9 Å². The number of hydrogen-bond donors (Lipinski definition) is 1. The quantitative estimate of drug-likeness (QED) is 0.628. The number of rotatable bonds is 7. The van der Waals surface area contributed by atoms with Crippen LogP contribution < -0.4 is 19.5 Å². The van der Waals surface area contributed by atoms with Crippen molar-refractivity contribution in [2.24, 2.45) is 0 Å². The average Bonchev–Trinajstić information content (AvgIpc) is 3.15. The third-order valence-electron chi connectivity index (χ3n) is 3.57. The first-order valence-electron chi connectivity index (χ1n) is 7.95. The Labute approximate surface area is 165 Å². The number of hydrogen-bond acceptors (Lipinski definition) is 6. The molecule has 0 fully saturated rings. The van der Waals surface area contributed by atoms with Gasteiger partial charge >= 0.3 is 0 Å². The molecule has 1 amide bonds. The van der Waals surface area contributed by atoms with Crippen molar-refractivity contribution in [3.05, 3.63) is 53.7 Å². The first kappa shape index (κ1) is 19.0. The van der Waals surface area contributed by atoms with Gasteiger partial charge in [0, 0.05) is 22.8 Å². The number of carbonyl (C=O) groups is 1. The maximum atomic E-state index is 12.1. The Kier molecular flexibility index (Phi) is 6.16. The van der Waals surface area contributed by atoms with Crippen molar-refractivity contribution in [1.82, 2.24) is 4.98 Å². The fourth-order valence-corrected chi connectivity index (χ4v) is 3.20. The van der Waals surface area contributed by atoms with E-state index in [0.29, 0.717) is 27.4 Å². The highest BCUT2D eigenvalue weighted by Gasteiger charge is 2.11. The summed E-state index contributed by atoms with van der Waals surface area (Å²) in [5.41, 5.74) is 0.890. The molecular weight excluding hydrogens is 388 g/mol. The van der Waals surface area contributed by atoms with Crippen LogP contribution in [0.3, 0.4) is 0 Å². The molecule has 27 heavy (non-hydrogen) atoms. The molecule has 2 aromatic carbocycles. The van der Waals surface area contributed by atoms with Crippen LogP contribution in [-0.4, -0.2) is 31.7 Å². The molecule has 3 aromatic rings. The number of methoxy groups -OCH3 is 2. The van der Waals surface area contributed by atoms with E-state index in [1.54, 1.807) is 50.7 Å². The third kappa shape index (κ3) is 5.12. The van der Waals surface area contributed by atoms with E-state index < -0.39 is 0 Å². The van der Waals surface area contributed by atoms with Gasteiger partial charge in [-0.3, -0.25) is 10.1 Å². The lowest BCUT2D eigenvalue weighted by atomic mass is 10.2. The Balaban J connectivity index is 1.63. The number of ether oxygens (including phenoxy) is 3. The van der Waals surface area contributed by atoms with E-state index in [-0.39, 0.29) is 12.5 Å². The standard InChI is InChI=1S/C19H17ClN2O4S/c1-24-15-7-12(8-16(9-15)25-2)17-10-21-19(27-17)22-18(23)11-26-14-5-3-13(20)4-6-14/h3-10H,11H2,1-2H3,(H,21,22,23). The summed E-state index contributed by atoms with van der Waals surface area (Å²) in [6.07, 6.45) is 1.69. The van der Waals surface area contributed by atoms with Crippen LogP contribution in [0.4, 0.5) is 5.13 Å². The maximum Gasteiger partial charge on any atom is 0.264 e. The molecule has 0 saturated heterocycles. The molecule has 140 valence electrons. The van der Waals surface area contributed by atoms with Crippen molar-refractivity contribution < 1.29 is 19.0 Å². The van der Waals surface area contributed by atoms with Crippen molar-refractivity contribution in [1.29, 1.82) is 0 Å². The lowest BCUT2D eigenvalue weighted by Crippen LogP contribution is -2.19. The number of thiazole rings is 1. The number of nitrogens with one attached hydrogen (secondary N) is 1. The lowest BCUT2D eigenvalue weighted by molar-refractivity contribution is -0.118. The second-order valence-corrected chi connectivity index (χ2v) is 6.89. The van der Waals surface area contributed by atoms with Gasteiger partial charge in [0.25, 0.3) is 5.91 Å². The van der Waals surface area contributed by atoms with Crippen molar-refractivity contribution in [3.8, 4) is 27.7 Å². The molecule has 0 aliphatic rings. The molecule has 6 nitrogen and oxygen atoms in total. The number of halogens is 1. The Morgan fingerprint density at radius 2 is 1.74 bits per heavy atom. The summed E-state index contributed by atoms with van der Waals surface area (Å²) in [6.45, 7) is -0.121. The Morgan fingerprint density at radius 1 is 1.07 bits per heavy atom. The van der Waals surface area contributed by atoms with Gasteiger partial charge in [-0.25, -0.2) is 4.98 Å². The summed E-state index contributed by atoms with van der Waals surface area (Å²) < 4.78 is 16.0. The van der Waals surface area contributed by atoms with Gasteiger partial charge in [0.15, 0.2) is 11.7 Å². The predicted octanol–water partition coefficient (Wildman–Crippen LogP) is 4.50. The van der Waals surface area contributed by atoms with Gasteiger partial charge < -0.3 is 14.2 Å². The molecule has 0 spiro atoms. The monoisotopic (exact) mass is 404 g/mol. The Morgan fingerprint density at radius 3 is 2.37 bits per heavy atom. The molecule has 0 bridgehead atoms. The average molecular weight is 405 g/mol. The molecule has 1 N–H and O–H groups in total. The molecule has 0 saturated carbocycles. The van der Waals surface area contributed by atoms with E-state index in [0.717, 1.165) is 10.4 Å². The fourth-order valence-electron chi connectivity index (χ4n) is 2.25. The van der Waals surface area contributed by atoms with Gasteiger partial charge in [0.1, 0.15) is 17.2 Å². The van der Waals surface area contributed by atoms with Crippen LogP contribution in [0.15, 0.2) is 48.7 Å². The van der Waals surface area contributed by atoms with Gasteiger partial charge in [-0.1, -0.05) is 22.9 Å². The summed E-state index contributed by atoms with van der Waals surface area (Å²) in [6, 6.07) is 12.4. The molecule has 0 aliphatic carbocycles. The second-order valence-electron chi connectivity index (χ2n) is 5.42. The van der Waals surface area contributed by atoms with Crippen molar-refractivity contribution in [2.45, 2.75) is 0 Å². The largest absolute Gasteiger partial charge is 0.497 e. The van der Waals surface area contributed by atoms with Crippen molar-refractivity contribution in [2.75, 3.05) is 26.1 Å². The van der Waals surface area contributed by atoms with Crippen LogP contribution in [0.5, 0.6) is 17.2 Å². The molecule has 1 aromatic heterocycles. The number of benzene rings is 2. The fraction of sp³-hybridized carbons (Fsp3) is 0.158. The first-order valence-corrected chi connectivity index (χ1v) is 9.14. The molecule has 0 atom stereocenters. The summed E-state index contributed by atoms with van der Waals surface area (Å²) in [7, 11) is 3.19. The normalized spacial score (nSPS) is 10.3.